The largest absolute Gasteiger partial charge is 0.493 e. The molecule has 3 aromatic rings. The van der Waals surface area contributed by atoms with Gasteiger partial charge in [-0.15, -0.1) is 0 Å². The number of halogens is 2. The lowest BCUT2D eigenvalue weighted by Gasteiger charge is -2.13. The third-order valence-corrected chi connectivity index (χ3v) is 5.40. The zero-order chi connectivity index (χ0) is 22.5. The van der Waals surface area contributed by atoms with Crippen LogP contribution < -0.4 is 24.3 Å². The van der Waals surface area contributed by atoms with Gasteiger partial charge in [-0.3, -0.25) is 4.79 Å². The van der Waals surface area contributed by atoms with Crippen molar-refractivity contribution in [2.45, 2.75) is 6.61 Å². The van der Waals surface area contributed by atoms with Gasteiger partial charge < -0.3 is 24.3 Å². The van der Waals surface area contributed by atoms with E-state index in [0.29, 0.717) is 44.3 Å². The lowest BCUT2D eigenvalue weighted by molar-refractivity contribution is -0.111. The normalized spacial score (nSPS) is 12.1. The highest BCUT2D eigenvalue weighted by molar-refractivity contribution is 6.35. The van der Waals surface area contributed by atoms with Crippen LogP contribution >= 0.6 is 23.2 Å². The molecule has 0 spiro atoms. The second kappa shape index (κ2) is 9.85. The molecule has 8 heteroatoms. The smallest absolute Gasteiger partial charge is 0.248 e. The van der Waals surface area contributed by atoms with E-state index in [-0.39, 0.29) is 19.3 Å². The van der Waals surface area contributed by atoms with Crippen LogP contribution in [0.3, 0.4) is 0 Å². The summed E-state index contributed by atoms with van der Waals surface area (Å²) in [5.41, 5.74) is 2.08. The number of amides is 1. The lowest BCUT2D eigenvalue weighted by Crippen LogP contribution is -2.07. The van der Waals surface area contributed by atoms with Crippen molar-refractivity contribution in [1.82, 2.24) is 0 Å². The second-order valence-electron chi connectivity index (χ2n) is 6.79. The zero-order valence-electron chi connectivity index (χ0n) is 17.1. The van der Waals surface area contributed by atoms with E-state index in [0.717, 1.165) is 5.56 Å². The molecular formula is C24H19Cl2NO5. The van der Waals surface area contributed by atoms with Crippen LogP contribution in [0.25, 0.3) is 6.08 Å². The Morgan fingerprint density at radius 2 is 1.81 bits per heavy atom. The number of fused-ring (bicyclic) bond motifs is 1. The van der Waals surface area contributed by atoms with E-state index in [1.807, 2.05) is 6.07 Å². The average Bonchev–Trinajstić information content (AvgIpc) is 3.25. The standard InChI is InChI=1S/C24H19Cl2NO5/c1-29-22-11-15(5-8-20(22)30-13-17-18(25)3-2-4-19(17)26)6-10-24(28)27-16-7-9-21-23(12-16)32-14-31-21/h2-12H,13-14H2,1H3,(H,27,28)/b10-6+. The van der Waals surface area contributed by atoms with E-state index in [1.165, 1.54) is 6.08 Å². The number of carbonyl (C=O) groups is 1. The molecule has 0 atom stereocenters. The average molecular weight is 472 g/mol. The quantitative estimate of drug-likeness (QED) is 0.430. The number of anilines is 1. The fraction of sp³-hybridized carbons (Fsp3) is 0.125. The molecule has 1 heterocycles. The van der Waals surface area contributed by atoms with Gasteiger partial charge in [-0.1, -0.05) is 35.3 Å². The highest BCUT2D eigenvalue weighted by atomic mass is 35.5. The summed E-state index contributed by atoms with van der Waals surface area (Å²) in [5, 5.41) is 3.85. The maximum atomic E-state index is 12.3. The number of benzene rings is 3. The molecule has 3 aromatic carbocycles. The van der Waals surface area contributed by atoms with Gasteiger partial charge in [-0.25, -0.2) is 0 Å². The summed E-state index contributed by atoms with van der Waals surface area (Å²) in [6.45, 7) is 0.377. The van der Waals surface area contributed by atoms with Crippen LogP contribution in [0.15, 0.2) is 60.7 Å². The maximum Gasteiger partial charge on any atom is 0.248 e. The third kappa shape index (κ3) is 5.10. The first-order valence-electron chi connectivity index (χ1n) is 9.66. The molecular weight excluding hydrogens is 453 g/mol. The van der Waals surface area contributed by atoms with Crippen LogP contribution in [0.4, 0.5) is 5.69 Å². The van der Waals surface area contributed by atoms with Crippen LogP contribution in [-0.4, -0.2) is 19.8 Å². The molecule has 4 rings (SSSR count). The first kappa shape index (κ1) is 21.9. The Balaban J connectivity index is 1.40. The Morgan fingerprint density at radius 3 is 2.59 bits per heavy atom. The third-order valence-electron chi connectivity index (χ3n) is 4.69. The number of carbonyl (C=O) groups excluding carboxylic acids is 1. The van der Waals surface area contributed by atoms with E-state index in [1.54, 1.807) is 61.7 Å². The van der Waals surface area contributed by atoms with Crippen LogP contribution in [0.1, 0.15) is 11.1 Å². The van der Waals surface area contributed by atoms with Crippen LogP contribution in [0.2, 0.25) is 10.0 Å². The summed E-state index contributed by atoms with van der Waals surface area (Å²) in [5.74, 6) is 2.03. The Morgan fingerprint density at radius 1 is 1.03 bits per heavy atom. The minimum absolute atomic E-state index is 0.180. The van der Waals surface area contributed by atoms with Gasteiger partial charge in [0.25, 0.3) is 0 Å². The molecule has 0 bridgehead atoms. The summed E-state index contributed by atoms with van der Waals surface area (Å²) in [7, 11) is 1.55. The van der Waals surface area contributed by atoms with Crippen molar-refractivity contribution in [1.29, 1.82) is 0 Å². The summed E-state index contributed by atoms with van der Waals surface area (Å²) >= 11 is 12.4. The van der Waals surface area contributed by atoms with Gasteiger partial charge in [-0.2, -0.15) is 0 Å². The molecule has 32 heavy (non-hydrogen) atoms. The van der Waals surface area contributed by atoms with E-state index in [4.69, 9.17) is 42.1 Å². The minimum atomic E-state index is -0.281. The van der Waals surface area contributed by atoms with Crippen molar-refractivity contribution in [2.24, 2.45) is 0 Å². The molecule has 1 N–H and O–H groups in total. The molecule has 0 unspecified atom stereocenters. The fourth-order valence-corrected chi connectivity index (χ4v) is 3.56. The van der Waals surface area contributed by atoms with E-state index in [2.05, 4.69) is 5.32 Å². The molecule has 0 aliphatic carbocycles. The van der Waals surface area contributed by atoms with Gasteiger partial charge in [0.15, 0.2) is 23.0 Å². The SMILES string of the molecule is COc1cc(/C=C/C(=O)Nc2ccc3c(c2)OCO3)ccc1OCc1c(Cl)cccc1Cl. The molecule has 1 aliphatic heterocycles. The van der Waals surface area contributed by atoms with Crippen LogP contribution in [-0.2, 0) is 11.4 Å². The van der Waals surface area contributed by atoms with Crippen LogP contribution in [0.5, 0.6) is 23.0 Å². The highest BCUT2D eigenvalue weighted by Crippen LogP contribution is 2.34. The van der Waals surface area contributed by atoms with E-state index < -0.39 is 0 Å². The molecule has 0 saturated carbocycles. The van der Waals surface area contributed by atoms with Gasteiger partial charge >= 0.3 is 0 Å². The summed E-state index contributed by atoms with van der Waals surface area (Å²) < 4.78 is 21.9. The Kier molecular flexibility index (Phi) is 6.73. The van der Waals surface area contributed by atoms with Crippen molar-refractivity contribution >= 4 is 40.9 Å². The number of rotatable bonds is 7. The van der Waals surface area contributed by atoms with Crippen LogP contribution in [0, 0.1) is 0 Å². The topological polar surface area (TPSA) is 66.0 Å². The molecule has 0 radical (unpaired) electrons. The number of hydrogen-bond donors (Lipinski definition) is 1. The molecule has 0 fully saturated rings. The predicted octanol–water partition coefficient (Wildman–Crippen LogP) is 5.96. The molecule has 164 valence electrons. The minimum Gasteiger partial charge on any atom is -0.493 e. The van der Waals surface area contributed by atoms with Gasteiger partial charge in [-0.05, 0) is 48.0 Å². The van der Waals surface area contributed by atoms with Gasteiger partial charge in [0, 0.05) is 33.4 Å². The Bertz CT molecular complexity index is 1160. The zero-order valence-corrected chi connectivity index (χ0v) is 18.6. The van der Waals surface area contributed by atoms with Crippen molar-refractivity contribution in [2.75, 3.05) is 19.2 Å². The van der Waals surface area contributed by atoms with Crippen molar-refractivity contribution in [3.05, 3.63) is 81.8 Å². The maximum absolute atomic E-state index is 12.3. The Labute approximate surface area is 195 Å². The molecule has 1 aliphatic rings. The first-order valence-corrected chi connectivity index (χ1v) is 10.4. The summed E-state index contributed by atoms with van der Waals surface area (Å²) in [4.78, 5) is 12.3. The monoisotopic (exact) mass is 471 g/mol. The fourth-order valence-electron chi connectivity index (χ4n) is 3.06. The van der Waals surface area contributed by atoms with Crippen molar-refractivity contribution in [3.63, 3.8) is 0 Å². The Hall–Kier alpha value is -3.35. The predicted molar refractivity (Wildman–Crippen MR) is 124 cm³/mol. The molecule has 6 nitrogen and oxygen atoms in total. The van der Waals surface area contributed by atoms with Crippen molar-refractivity contribution in [3.8, 4) is 23.0 Å². The lowest BCUT2D eigenvalue weighted by atomic mass is 10.2. The number of ether oxygens (including phenoxy) is 4. The van der Waals surface area contributed by atoms with Crippen molar-refractivity contribution < 1.29 is 23.7 Å². The first-order chi connectivity index (χ1) is 15.5. The molecule has 0 aromatic heterocycles. The second-order valence-corrected chi connectivity index (χ2v) is 7.60. The number of nitrogens with one attached hydrogen (secondary N) is 1. The van der Waals surface area contributed by atoms with E-state index >= 15 is 0 Å². The number of hydrogen-bond acceptors (Lipinski definition) is 5. The van der Waals surface area contributed by atoms with Gasteiger partial charge in [0.2, 0.25) is 12.7 Å². The molecule has 1 amide bonds. The summed E-state index contributed by atoms with van der Waals surface area (Å²) in [6.07, 6.45) is 3.11. The molecule has 0 saturated heterocycles. The highest BCUT2D eigenvalue weighted by Gasteiger charge is 2.14. The summed E-state index contributed by atoms with van der Waals surface area (Å²) in [6, 6.07) is 15.9. The van der Waals surface area contributed by atoms with Gasteiger partial charge in [0.1, 0.15) is 6.61 Å². The number of methoxy groups -OCH3 is 1. The van der Waals surface area contributed by atoms with Gasteiger partial charge in [0.05, 0.1) is 7.11 Å². The van der Waals surface area contributed by atoms with E-state index in [9.17, 15) is 4.79 Å².